The number of carbonyl (C=O) groups is 1. The maximum Gasteiger partial charge on any atom is 0.342 e. The number of aliphatic hydroxyl groups is 1. The van der Waals surface area contributed by atoms with Gasteiger partial charge in [-0.25, -0.2) is 4.79 Å². The van der Waals surface area contributed by atoms with Crippen molar-refractivity contribution in [1.82, 2.24) is 0 Å². The molecule has 3 rings (SSSR count). The number of carbonyl (C=O) groups excluding carboxylic acids is 1. The molecule has 0 unspecified atom stereocenters. The van der Waals surface area contributed by atoms with Crippen molar-refractivity contribution >= 4 is 5.97 Å². The average Bonchev–Trinajstić information content (AvgIpc) is 2.46. The predicted octanol–water partition coefficient (Wildman–Crippen LogP) is 2.35. The number of fused-ring (bicyclic) bond motifs is 3. The standard InChI is InChI=1S/C18H22O5/c1-2-4-13-10-15-9-12(19)8-14(22-15)7-11-5-3-6-16(20)17(11)18(21)23-13/h2-3,5-6,12-15,19-20H,1,4,7-10H2/t12-,13+,14+,15-/m1/s1. The summed E-state index contributed by atoms with van der Waals surface area (Å²) in [6.07, 6.45) is 3.19. The number of ether oxygens (including phenoxy) is 2. The topological polar surface area (TPSA) is 76.0 Å². The van der Waals surface area contributed by atoms with Gasteiger partial charge in [-0.05, 0) is 30.9 Å². The molecular weight excluding hydrogens is 296 g/mol. The van der Waals surface area contributed by atoms with E-state index in [4.69, 9.17) is 9.47 Å². The van der Waals surface area contributed by atoms with Gasteiger partial charge in [-0.3, -0.25) is 0 Å². The maximum absolute atomic E-state index is 12.5. The largest absolute Gasteiger partial charge is 0.507 e. The highest BCUT2D eigenvalue weighted by Crippen LogP contribution is 2.31. The molecule has 1 fully saturated rings. The first-order chi connectivity index (χ1) is 11.1. The van der Waals surface area contributed by atoms with Gasteiger partial charge in [0.25, 0.3) is 0 Å². The van der Waals surface area contributed by atoms with E-state index in [0.717, 1.165) is 0 Å². The molecule has 23 heavy (non-hydrogen) atoms. The Balaban J connectivity index is 1.98. The number of hydrogen-bond donors (Lipinski definition) is 2. The SMILES string of the molecule is C=CC[C@H]1C[C@H]2C[C@H](O)C[C@H](Cc3cccc(O)c3C(=O)O1)O2. The molecule has 0 radical (unpaired) electrons. The minimum Gasteiger partial charge on any atom is -0.507 e. The fourth-order valence-corrected chi connectivity index (χ4v) is 3.49. The fraction of sp³-hybridized carbons (Fsp3) is 0.500. The molecule has 1 aromatic rings. The van der Waals surface area contributed by atoms with Crippen LogP contribution in [0, 0.1) is 0 Å². The van der Waals surface area contributed by atoms with E-state index in [1.165, 1.54) is 6.07 Å². The monoisotopic (exact) mass is 318 g/mol. The third kappa shape index (κ3) is 3.57. The molecule has 2 aliphatic heterocycles. The Morgan fingerprint density at radius 3 is 2.83 bits per heavy atom. The Morgan fingerprint density at radius 2 is 2.04 bits per heavy atom. The van der Waals surface area contributed by atoms with Crippen LogP contribution in [0.4, 0.5) is 0 Å². The van der Waals surface area contributed by atoms with Gasteiger partial charge in [-0.2, -0.15) is 0 Å². The Hall–Kier alpha value is -1.85. The second kappa shape index (κ2) is 6.72. The van der Waals surface area contributed by atoms with Crippen LogP contribution in [0.5, 0.6) is 5.75 Å². The minimum atomic E-state index is -0.509. The minimum absolute atomic E-state index is 0.0849. The molecule has 0 spiro atoms. The number of aromatic hydroxyl groups is 1. The molecule has 4 atom stereocenters. The van der Waals surface area contributed by atoms with Crippen LogP contribution in [0.1, 0.15) is 41.6 Å². The summed E-state index contributed by atoms with van der Waals surface area (Å²) in [6, 6.07) is 4.97. The molecule has 0 aliphatic carbocycles. The number of cyclic esters (lactones) is 1. The van der Waals surface area contributed by atoms with Gasteiger partial charge in [0.05, 0.1) is 18.3 Å². The molecule has 5 nitrogen and oxygen atoms in total. The first-order valence-electron chi connectivity index (χ1n) is 8.03. The second-order valence-corrected chi connectivity index (χ2v) is 6.31. The van der Waals surface area contributed by atoms with Gasteiger partial charge >= 0.3 is 5.97 Å². The second-order valence-electron chi connectivity index (χ2n) is 6.31. The Labute approximate surface area is 135 Å². The third-order valence-electron chi connectivity index (χ3n) is 4.46. The zero-order valence-corrected chi connectivity index (χ0v) is 13.0. The van der Waals surface area contributed by atoms with Crippen LogP contribution >= 0.6 is 0 Å². The average molecular weight is 318 g/mol. The Morgan fingerprint density at radius 1 is 1.26 bits per heavy atom. The van der Waals surface area contributed by atoms with Crippen molar-refractivity contribution in [3.8, 4) is 5.75 Å². The lowest BCUT2D eigenvalue weighted by Crippen LogP contribution is -2.40. The van der Waals surface area contributed by atoms with E-state index in [2.05, 4.69) is 6.58 Å². The molecule has 2 heterocycles. The summed E-state index contributed by atoms with van der Waals surface area (Å²) in [5, 5.41) is 20.2. The highest BCUT2D eigenvalue weighted by atomic mass is 16.5. The first-order valence-corrected chi connectivity index (χ1v) is 8.03. The molecule has 0 amide bonds. The van der Waals surface area contributed by atoms with Crippen molar-refractivity contribution in [3.05, 3.63) is 42.0 Å². The highest BCUT2D eigenvalue weighted by molar-refractivity contribution is 5.94. The lowest BCUT2D eigenvalue weighted by Gasteiger charge is -2.36. The third-order valence-corrected chi connectivity index (χ3v) is 4.46. The number of aliphatic hydroxyl groups excluding tert-OH is 1. The van der Waals surface area contributed by atoms with E-state index in [1.807, 2.05) is 0 Å². The van der Waals surface area contributed by atoms with Crippen molar-refractivity contribution < 1.29 is 24.5 Å². The van der Waals surface area contributed by atoms with Gasteiger partial charge in [0.15, 0.2) is 0 Å². The highest BCUT2D eigenvalue weighted by Gasteiger charge is 2.34. The van der Waals surface area contributed by atoms with Crippen LogP contribution in [0.15, 0.2) is 30.9 Å². The van der Waals surface area contributed by atoms with Crippen LogP contribution in [-0.4, -0.2) is 40.6 Å². The van der Waals surface area contributed by atoms with E-state index in [-0.39, 0.29) is 29.6 Å². The summed E-state index contributed by atoms with van der Waals surface area (Å²) < 4.78 is 11.6. The molecule has 1 aromatic carbocycles. The van der Waals surface area contributed by atoms with E-state index in [9.17, 15) is 15.0 Å². The van der Waals surface area contributed by atoms with Gasteiger partial charge in [-0.1, -0.05) is 18.2 Å². The molecule has 124 valence electrons. The fourth-order valence-electron chi connectivity index (χ4n) is 3.49. The molecule has 2 bridgehead atoms. The first kappa shape index (κ1) is 16.0. The van der Waals surface area contributed by atoms with Crippen LogP contribution in [0.2, 0.25) is 0 Å². The van der Waals surface area contributed by atoms with E-state index in [0.29, 0.717) is 37.7 Å². The summed E-state index contributed by atoms with van der Waals surface area (Å²) >= 11 is 0. The molecule has 2 aliphatic rings. The van der Waals surface area contributed by atoms with E-state index < -0.39 is 12.1 Å². The van der Waals surface area contributed by atoms with Crippen LogP contribution in [-0.2, 0) is 15.9 Å². The van der Waals surface area contributed by atoms with Crippen LogP contribution in [0.3, 0.4) is 0 Å². The van der Waals surface area contributed by atoms with Crippen LogP contribution in [0.25, 0.3) is 0 Å². The summed E-state index contributed by atoms with van der Waals surface area (Å²) in [5.41, 5.74) is 0.885. The molecular formula is C18H22O5. The van der Waals surface area contributed by atoms with Crippen molar-refractivity contribution in [2.45, 2.75) is 56.5 Å². The molecule has 5 heteroatoms. The summed E-state index contributed by atoms with van der Waals surface area (Å²) in [6.45, 7) is 3.70. The smallest absolute Gasteiger partial charge is 0.342 e. The van der Waals surface area contributed by atoms with E-state index >= 15 is 0 Å². The van der Waals surface area contributed by atoms with Crippen molar-refractivity contribution in [3.63, 3.8) is 0 Å². The number of rotatable bonds is 2. The number of hydrogen-bond acceptors (Lipinski definition) is 5. The molecule has 0 aromatic heterocycles. The van der Waals surface area contributed by atoms with Gasteiger partial charge in [0, 0.05) is 12.8 Å². The quantitative estimate of drug-likeness (QED) is 0.646. The zero-order valence-electron chi connectivity index (χ0n) is 13.0. The van der Waals surface area contributed by atoms with Gasteiger partial charge < -0.3 is 19.7 Å². The molecule has 0 saturated carbocycles. The molecule has 1 saturated heterocycles. The predicted molar refractivity (Wildman–Crippen MR) is 84.3 cm³/mol. The van der Waals surface area contributed by atoms with Crippen molar-refractivity contribution in [2.75, 3.05) is 0 Å². The summed E-state index contributed by atoms with van der Waals surface area (Å²) in [7, 11) is 0. The number of esters is 1. The summed E-state index contributed by atoms with van der Waals surface area (Å²) in [4.78, 5) is 12.5. The number of benzene rings is 1. The Kier molecular flexibility index (Phi) is 4.68. The zero-order chi connectivity index (χ0) is 16.4. The number of phenolic OH excluding ortho intramolecular Hbond substituents is 1. The number of phenols is 1. The Bertz CT molecular complexity index is 597. The van der Waals surface area contributed by atoms with Crippen molar-refractivity contribution in [1.29, 1.82) is 0 Å². The molecule has 2 N–H and O–H groups in total. The summed E-state index contributed by atoms with van der Waals surface area (Å²) in [5.74, 6) is -0.594. The van der Waals surface area contributed by atoms with Crippen molar-refractivity contribution in [2.24, 2.45) is 0 Å². The lowest BCUT2D eigenvalue weighted by molar-refractivity contribution is -0.109. The van der Waals surface area contributed by atoms with Gasteiger partial charge in [-0.15, -0.1) is 6.58 Å². The normalized spacial score (nSPS) is 30.9. The van der Waals surface area contributed by atoms with Gasteiger partial charge in [0.2, 0.25) is 0 Å². The van der Waals surface area contributed by atoms with Gasteiger partial charge in [0.1, 0.15) is 17.4 Å². The van der Waals surface area contributed by atoms with Crippen LogP contribution < -0.4 is 0 Å². The van der Waals surface area contributed by atoms with E-state index in [1.54, 1.807) is 18.2 Å². The lowest BCUT2D eigenvalue weighted by atomic mass is 9.91. The maximum atomic E-state index is 12.5.